The highest BCUT2D eigenvalue weighted by molar-refractivity contribution is 5.68. The van der Waals surface area contributed by atoms with Crippen molar-refractivity contribution in [3.63, 3.8) is 0 Å². The second-order valence-electron chi connectivity index (χ2n) is 5.70. The number of benzene rings is 3. The normalized spacial score (nSPS) is 10.9. The van der Waals surface area contributed by atoms with Crippen molar-refractivity contribution in [2.24, 2.45) is 0 Å². The van der Waals surface area contributed by atoms with E-state index in [1.807, 2.05) is 36.4 Å². The molecule has 0 aromatic heterocycles. The highest BCUT2D eigenvalue weighted by Gasteiger charge is 2.31. The largest absolute Gasteiger partial charge is 0.573 e. The first-order chi connectivity index (χ1) is 12.9. The van der Waals surface area contributed by atoms with Gasteiger partial charge in [0, 0.05) is 0 Å². The smallest absolute Gasteiger partial charge is 0.489 e. The molecule has 0 atom stereocenters. The fraction of sp³-hybridized carbons (Fsp3) is 0.0952. The van der Waals surface area contributed by atoms with Crippen LogP contribution < -0.4 is 9.47 Å². The molecule has 0 heterocycles. The Kier molecular flexibility index (Phi) is 5.32. The number of hydrogen-bond donors (Lipinski definition) is 0. The van der Waals surface area contributed by atoms with Crippen LogP contribution in [0.4, 0.5) is 13.2 Å². The minimum absolute atomic E-state index is 0.0798. The zero-order valence-electron chi connectivity index (χ0n) is 14.0. The molecule has 0 bridgehead atoms. The molecular weight excluding hydrogens is 355 g/mol. The van der Waals surface area contributed by atoms with E-state index in [1.165, 1.54) is 12.1 Å². The van der Waals surface area contributed by atoms with Crippen molar-refractivity contribution < 1.29 is 22.6 Å². The lowest BCUT2D eigenvalue weighted by molar-refractivity contribution is -0.274. The summed E-state index contributed by atoms with van der Waals surface area (Å²) in [5, 5.41) is 9.05. The fourth-order valence-electron chi connectivity index (χ4n) is 2.51. The first kappa shape index (κ1) is 18.3. The monoisotopic (exact) mass is 369 g/mol. The van der Waals surface area contributed by atoms with E-state index >= 15 is 0 Å². The molecular formula is C21H14F3NO2. The summed E-state index contributed by atoms with van der Waals surface area (Å²) in [6, 6.07) is 22.2. The third kappa shape index (κ3) is 5.25. The zero-order chi connectivity index (χ0) is 19.3. The van der Waals surface area contributed by atoms with Crippen molar-refractivity contribution in [2.75, 3.05) is 0 Å². The molecule has 0 N–H and O–H groups in total. The van der Waals surface area contributed by atoms with Crippen LogP contribution in [0.1, 0.15) is 11.1 Å². The van der Waals surface area contributed by atoms with E-state index in [1.54, 1.807) is 24.3 Å². The molecule has 27 heavy (non-hydrogen) atoms. The lowest BCUT2D eigenvalue weighted by atomic mass is 10.0. The summed E-state index contributed by atoms with van der Waals surface area (Å²) in [7, 11) is 0. The molecule has 0 saturated carbocycles. The summed E-state index contributed by atoms with van der Waals surface area (Å²) >= 11 is 0. The van der Waals surface area contributed by atoms with Crippen LogP contribution in [0.3, 0.4) is 0 Å². The highest BCUT2D eigenvalue weighted by Crippen LogP contribution is 2.30. The van der Waals surface area contributed by atoms with Gasteiger partial charge in [-0.15, -0.1) is 13.2 Å². The first-order valence-corrected chi connectivity index (χ1v) is 8.01. The number of hydrogen-bond acceptors (Lipinski definition) is 3. The number of rotatable bonds is 5. The summed E-state index contributed by atoms with van der Waals surface area (Å²) in [4.78, 5) is 0. The topological polar surface area (TPSA) is 42.2 Å². The van der Waals surface area contributed by atoms with Gasteiger partial charge < -0.3 is 9.47 Å². The number of halogens is 3. The van der Waals surface area contributed by atoms with Crippen molar-refractivity contribution in [3.05, 3.63) is 83.9 Å². The Morgan fingerprint density at radius 2 is 1.52 bits per heavy atom. The minimum atomic E-state index is -4.82. The Balaban J connectivity index is 1.78. The average molecular weight is 369 g/mol. The Hall–Kier alpha value is -3.46. The van der Waals surface area contributed by atoms with Crippen molar-refractivity contribution in [1.29, 1.82) is 5.26 Å². The maximum Gasteiger partial charge on any atom is 0.573 e. The van der Waals surface area contributed by atoms with E-state index in [0.717, 1.165) is 11.6 Å². The Bertz CT molecular complexity index is 946. The Morgan fingerprint density at radius 1 is 0.815 bits per heavy atom. The average Bonchev–Trinajstić information content (AvgIpc) is 2.66. The van der Waals surface area contributed by atoms with Gasteiger partial charge in [-0.1, -0.05) is 42.5 Å². The number of alkyl halides is 3. The van der Waals surface area contributed by atoms with Crippen LogP contribution in [0.5, 0.6) is 11.5 Å². The molecule has 3 aromatic carbocycles. The van der Waals surface area contributed by atoms with Gasteiger partial charge >= 0.3 is 6.36 Å². The van der Waals surface area contributed by atoms with Gasteiger partial charge in [-0.25, -0.2) is 0 Å². The summed E-state index contributed by atoms with van der Waals surface area (Å²) in [5.41, 5.74) is 2.20. The molecule has 0 fully saturated rings. The molecule has 3 rings (SSSR count). The molecule has 136 valence electrons. The summed E-state index contributed by atoms with van der Waals surface area (Å²) < 4.78 is 47.0. The van der Waals surface area contributed by atoms with E-state index in [2.05, 4.69) is 4.74 Å². The van der Waals surface area contributed by atoms with E-state index in [0.29, 0.717) is 23.5 Å². The second-order valence-corrected chi connectivity index (χ2v) is 5.70. The molecule has 0 aliphatic rings. The molecule has 0 radical (unpaired) electrons. The zero-order valence-corrected chi connectivity index (χ0v) is 14.0. The van der Waals surface area contributed by atoms with Crippen LogP contribution in [0.2, 0.25) is 0 Å². The van der Waals surface area contributed by atoms with Crippen LogP contribution in [0.25, 0.3) is 11.1 Å². The predicted molar refractivity (Wildman–Crippen MR) is 94.1 cm³/mol. The molecule has 0 saturated heterocycles. The van der Waals surface area contributed by atoms with Crippen LogP contribution in [-0.4, -0.2) is 6.36 Å². The van der Waals surface area contributed by atoms with Crippen LogP contribution in [0.15, 0.2) is 72.8 Å². The quantitative estimate of drug-likeness (QED) is 0.579. The molecule has 6 heteroatoms. The van der Waals surface area contributed by atoms with Gasteiger partial charge in [0.05, 0.1) is 11.6 Å². The SMILES string of the molecule is N#Cc1cc(OC(F)(F)F)cc(-c2ccc(OCc3ccccc3)cc2)c1. The van der Waals surface area contributed by atoms with Gasteiger partial charge in [-0.05, 0) is 47.0 Å². The lowest BCUT2D eigenvalue weighted by Gasteiger charge is -2.11. The van der Waals surface area contributed by atoms with Crippen LogP contribution in [0, 0.1) is 11.3 Å². The molecule has 0 spiro atoms. The van der Waals surface area contributed by atoms with E-state index in [9.17, 15) is 13.2 Å². The van der Waals surface area contributed by atoms with Gasteiger partial charge in [-0.3, -0.25) is 0 Å². The maximum atomic E-state index is 12.5. The van der Waals surface area contributed by atoms with Crippen LogP contribution >= 0.6 is 0 Å². The van der Waals surface area contributed by atoms with Gasteiger partial charge in [0.2, 0.25) is 0 Å². The first-order valence-electron chi connectivity index (χ1n) is 8.01. The van der Waals surface area contributed by atoms with Gasteiger partial charge in [-0.2, -0.15) is 5.26 Å². The maximum absolute atomic E-state index is 12.5. The van der Waals surface area contributed by atoms with Gasteiger partial charge in [0.15, 0.2) is 0 Å². The van der Waals surface area contributed by atoms with Crippen molar-refractivity contribution in [2.45, 2.75) is 13.0 Å². The minimum Gasteiger partial charge on any atom is -0.489 e. The number of nitriles is 1. The van der Waals surface area contributed by atoms with E-state index in [4.69, 9.17) is 10.00 Å². The molecule has 0 aliphatic heterocycles. The van der Waals surface area contributed by atoms with Crippen molar-refractivity contribution in [3.8, 4) is 28.7 Å². The molecule has 3 nitrogen and oxygen atoms in total. The molecule has 0 amide bonds. The second kappa shape index (κ2) is 7.83. The summed E-state index contributed by atoms with van der Waals surface area (Å²) in [6.45, 7) is 0.410. The Labute approximate surface area is 154 Å². The summed E-state index contributed by atoms with van der Waals surface area (Å²) in [6.07, 6.45) is -4.82. The molecule has 3 aromatic rings. The standard InChI is InChI=1S/C21H14F3NO2/c22-21(23,24)27-20-11-16(13-25)10-18(12-20)17-6-8-19(9-7-17)26-14-15-4-2-1-3-5-15/h1-12H,14H2. The number of ether oxygens (including phenoxy) is 2. The molecule has 0 unspecified atom stereocenters. The highest BCUT2D eigenvalue weighted by atomic mass is 19.4. The van der Waals surface area contributed by atoms with Gasteiger partial charge in [0.25, 0.3) is 0 Å². The van der Waals surface area contributed by atoms with Crippen molar-refractivity contribution in [1.82, 2.24) is 0 Å². The van der Waals surface area contributed by atoms with E-state index < -0.39 is 12.1 Å². The van der Waals surface area contributed by atoms with E-state index in [-0.39, 0.29) is 5.56 Å². The van der Waals surface area contributed by atoms with Gasteiger partial charge in [0.1, 0.15) is 18.1 Å². The third-order valence-electron chi connectivity index (χ3n) is 3.71. The number of nitrogens with zero attached hydrogens (tertiary/aromatic N) is 1. The van der Waals surface area contributed by atoms with Crippen LogP contribution in [-0.2, 0) is 6.61 Å². The predicted octanol–water partition coefficient (Wildman–Crippen LogP) is 5.70. The molecule has 0 aliphatic carbocycles. The Morgan fingerprint density at radius 3 is 2.15 bits per heavy atom. The van der Waals surface area contributed by atoms with Crippen molar-refractivity contribution >= 4 is 0 Å². The third-order valence-corrected chi connectivity index (χ3v) is 3.71. The summed E-state index contributed by atoms with van der Waals surface area (Å²) in [5.74, 6) is 0.201. The fourth-order valence-corrected chi connectivity index (χ4v) is 2.51. The lowest BCUT2D eigenvalue weighted by Crippen LogP contribution is -2.17.